The van der Waals surface area contributed by atoms with Gasteiger partial charge in [-0.3, -0.25) is 14.6 Å². The number of benzene rings is 2. The first-order valence-corrected chi connectivity index (χ1v) is 14.9. The standard InChI is InChI=1S/C22H22N4O2S5/c27-19(12-30-21-11-23-14-32-21)25-15-1-5-17(6-2-15)33-18-7-3-16(4-8-18)26-20(28)13-31-22-24-9-10-29-22/h1-8,11,23H,9-10,12-14H2,(H,25,27)(H,26,28). The van der Waals surface area contributed by atoms with Gasteiger partial charge in [0.15, 0.2) is 0 Å². The van der Waals surface area contributed by atoms with Crippen LogP contribution in [0.25, 0.3) is 0 Å². The number of hydrogen-bond acceptors (Lipinski definition) is 9. The second kappa shape index (κ2) is 12.7. The summed E-state index contributed by atoms with van der Waals surface area (Å²) in [6.45, 7) is 0.847. The maximum atomic E-state index is 12.1. The van der Waals surface area contributed by atoms with Crippen molar-refractivity contribution in [2.24, 2.45) is 4.99 Å². The van der Waals surface area contributed by atoms with Crippen LogP contribution in [0.4, 0.5) is 11.4 Å². The summed E-state index contributed by atoms with van der Waals surface area (Å²) in [5, 5.41) is 8.98. The molecule has 4 rings (SSSR count). The first-order chi connectivity index (χ1) is 16.1. The monoisotopic (exact) mass is 534 g/mol. The van der Waals surface area contributed by atoms with Crippen LogP contribution in [0.5, 0.6) is 0 Å². The summed E-state index contributed by atoms with van der Waals surface area (Å²) in [6, 6.07) is 15.6. The third kappa shape index (κ3) is 8.25. The first-order valence-electron chi connectivity index (χ1n) is 10.1. The number of nitrogens with one attached hydrogen (secondary N) is 3. The summed E-state index contributed by atoms with van der Waals surface area (Å²) in [5.41, 5.74) is 1.57. The van der Waals surface area contributed by atoms with Crippen molar-refractivity contribution in [3.05, 3.63) is 59.0 Å². The lowest BCUT2D eigenvalue weighted by Gasteiger charge is -2.08. The molecular formula is C22H22N4O2S5. The summed E-state index contributed by atoms with van der Waals surface area (Å²) in [4.78, 5) is 30.7. The van der Waals surface area contributed by atoms with Gasteiger partial charge in [0.2, 0.25) is 11.8 Å². The molecule has 2 aliphatic rings. The number of aliphatic imine (C=N–C) groups is 1. The van der Waals surface area contributed by atoms with Gasteiger partial charge < -0.3 is 16.0 Å². The van der Waals surface area contributed by atoms with E-state index >= 15 is 0 Å². The zero-order valence-corrected chi connectivity index (χ0v) is 21.6. The maximum absolute atomic E-state index is 12.1. The third-order valence-corrected chi connectivity index (χ3v) is 9.76. The first kappa shape index (κ1) is 24.5. The Bertz CT molecular complexity index is 958. The molecule has 6 nitrogen and oxygen atoms in total. The highest BCUT2D eigenvalue weighted by Gasteiger charge is 2.11. The molecule has 0 radical (unpaired) electrons. The molecule has 11 heteroatoms. The highest BCUT2D eigenvalue weighted by atomic mass is 32.2. The predicted octanol–water partition coefficient (Wildman–Crippen LogP) is 5.38. The Morgan fingerprint density at radius 2 is 1.48 bits per heavy atom. The van der Waals surface area contributed by atoms with Crippen LogP contribution in [-0.4, -0.2) is 45.9 Å². The van der Waals surface area contributed by atoms with Gasteiger partial charge >= 0.3 is 0 Å². The molecular weight excluding hydrogens is 513 g/mol. The van der Waals surface area contributed by atoms with Gasteiger partial charge in [-0.2, -0.15) is 0 Å². The van der Waals surface area contributed by atoms with E-state index in [1.165, 1.54) is 11.8 Å². The quantitative estimate of drug-likeness (QED) is 0.396. The molecule has 0 spiro atoms. The fourth-order valence-corrected chi connectivity index (χ4v) is 7.07. The van der Waals surface area contributed by atoms with Gasteiger partial charge in [0.1, 0.15) is 4.38 Å². The molecule has 0 aliphatic carbocycles. The average Bonchev–Trinajstić information content (AvgIpc) is 3.53. The highest BCUT2D eigenvalue weighted by molar-refractivity contribution is 8.39. The molecule has 0 fully saturated rings. The molecule has 2 aliphatic heterocycles. The second-order valence-corrected chi connectivity index (χ2v) is 12.5. The Hall–Kier alpha value is -1.66. The van der Waals surface area contributed by atoms with E-state index in [-0.39, 0.29) is 11.8 Å². The van der Waals surface area contributed by atoms with Gasteiger partial charge in [0.05, 0.1) is 28.2 Å². The fourth-order valence-electron chi connectivity index (χ4n) is 2.77. The molecule has 0 unspecified atom stereocenters. The number of nitrogens with zero attached hydrogens (tertiary/aromatic N) is 1. The summed E-state index contributed by atoms with van der Waals surface area (Å²) < 4.78 is 2.14. The predicted molar refractivity (Wildman–Crippen MR) is 148 cm³/mol. The summed E-state index contributed by atoms with van der Waals surface area (Å²) in [5.74, 6) is 2.61. The van der Waals surface area contributed by atoms with E-state index < -0.39 is 0 Å². The summed E-state index contributed by atoms with van der Waals surface area (Å²) >= 11 is 8.08. The van der Waals surface area contributed by atoms with E-state index in [2.05, 4.69) is 20.9 Å². The van der Waals surface area contributed by atoms with Crippen LogP contribution in [0.2, 0.25) is 0 Å². The fraction of sp³-hybridized carbons (Fsp3) is 0.227. The van der Waals surface area contributed by atoms with Crippen LogP contribution in [0, 0.1) is 0 Å². The SMILES string of the molecule is O=C(CSC1=CNCS1)Nc1ccc(Sc2ccc(NC(=O)CSC3=NCCS3)cc2)cc1. The van der Waals surface area contributed by atoms with Crippen molar-refractivity contribution < 1.29 is 9.59 Å². The molecule has 0 bridgehead atoms. The van der Waals surface area contributed by atoms with Crippen LogP contribution in [0.1, 0.15) is 0 Å². The molecule has 2 aromatic carbocycles. The Labute approximate surface area is 214 Å². The van der Waals surface area contributed by atoms with Crippen LogP contribution in [-0.2, 0) is 9.59 Å². The molecule has 2 heterocycles. The molecule has 2 amide bonds. The number of carbonyl (C=O) groups is 2. The Morgan fingerprint density at radius 3 is 2.00 bits per heavy atom. The Balaban J connectivity index is 1.20. The third-order valence-electron chi connectivity index (χ3n) is 4.26. The van der Waals surface area contributed by atoms with E-state index in [9.17, 15) is 9.59 Å². The number of rotatable bonds is 9. The normalized spacial score (nSPS) is 14.9. The summed E-state index contributed by atoms with van der Waals surface area (Å²) in [7, 11) is 0. The molecule has 33 heavy (non-hydrogen) atoms. The van der Waals surface area contributed by atoms with Gasteiger partial charge in [-0.15, -0.1) is 11.8 Å². The molecule has 2 aromatic rings. The minimum Gasteiger partial charge on any atom is -0.380 e. The van der Waals surface area contributed by atoms with E-state index in [0.717, 1.165) is 48.0 Å². The lowest BCUT2D eigenvalue weighted by atomic mass is 10.3. The minimum absolute atomic E-state index is 0.0141. The largest absolute Gasteiger partial charge is 0.380 e. The molecule has 0 atom stereocenters. The van der Waals surface area contributed by atoms with Gasteiger partial charge in [0, 0.05) is 33.1 Å². The Kier molecular flexibility index (Phi) is 9.42. The van der Waals surface area contributed by atoms with E-state index in [1.807, 2.05) is 54.7 Å². The Morgan fingerprint density at radius 1 is 0.879 bits per heavy atom. The molecule has 0 saturated heterocycles. The second-order valence-electron chi connectivity index (χ2n) is 6.78. The average molecular weight is 535 g/mol. The molecule has 3 N–H and O–H groups in total. The number of hydrogen-bond donors (Lipinski definition) is 3. The molecule has 0 aromatic heterocycles. The van der Waals surface area contributed by atoms with Gasteiger partial charge in [-0.05, 0) is 48.5 Å². The van der Waals surface area contributed by atoms with Crippen molar-refractivity contribution in [2.45, 2.75) is 9.79 Å². The number of amides is 2. The minimum atomic E-state index is -0.0259. The number of carbonyl (C=O) groups excluding carboxylic acids is 2. The molecule has 172 valence electrons. The van der Waals surface area contributed by atoms with Gasteiger partial charge in [0.25, 0.3) is 0 Å². The van der Waals surface area contributed by atoms with Crippen LogP contribution < -0.4 is 16.0 Å². The van der Waals surface area contributed by atoms with Crippen molar-refractivity contribution in [3.63, 3.8) is 0 Å². The van der Waals surface area contributed by atoms with Crippen LogP contribution >= 0.6 is 58.8 Å². The van der Waals surface area contributed by atoms with Crippen molar-refractivity contribution in [2.75, 3.05) is 40.3 Å². The van der Waals surface area contributed by atoms with Gasteiger partial charge in [-0.1, -0.05) is 47.0 Å². The smallest absolute Gasteiger partial charge is 0.234 e. The maximum Gasteiger partial charge on any atom is 0.234 e. The zero-order chi connectivity index (χ0) is 22.9. The van der Waals surface area contributed by atoms with Crippen molar-refractivity contribution in [3.8, 4) is 0 Å². The highest BCUT2D eigenvalue weighted by Crippen LogP contribution is 2.31. The van der Waals surface area contributed by atoms with Gasteiger partial charge in [-0.25, -0.2) is 0 Å². The van der Waals surface area contributed by atoms with Crippen LogP contribution in [0.15, 0.2) is 73.8 Å². The lowest BCUT2D eigenvalue weighted by molar-refractivity contribution is -0.114. The van der Waals surface area contributed by atoms with E-state index in [1.54, 1.807) is 47.0 Å². The van der Waals surface area contributed by atoms with Crippen molar-refractivity contribution in [1.29, 1.82) is 0 Å². The lowest BCUT2D eigenvalue weighted by Crippen LogP contribution is -2.14. The van der Waals surface area contributed by atoms with E-state index in [4.69, 9.17) is 0 Å². The van der Waals surface area contributed by atoms with Crippen molar-refractivity contribution in [1.82, 2.24) is 5.32 Å². The number of thioether (sulfide) groups is 4. The number of anilines is 2. The van der Waals surface area contributed by atoms with E-state index in [0.29, 0.717) is 11.5 Å². The zero-order valence-electron chi connectivity index (χ0n) is 17.5. The molecule has 0 saturated carbocycles. The van der Waals surface area contributed by atoms with Crippen molar-refractivity contribution >= 4 is 86.4 Å². The topological polar surface area (TPSA) is 82.6 Å². The summed E-state index contributed by atoms with van der Waals surface area (Å²) in [6.07, 6.45) is 1.94. The van der Waals surface area contributed by atoms with Crippen LogP contribution in [0.3, 0.4) is 0 Å².